The molecule has 290 valence electrons. The highest BCUT2D eigenvalue weighted by Crippen LogP contribution is 2.40. The number of phenolic OH excluding ortho intramolecular Hbond substituents is 2. The van der Waals surface area contributed by atoms with Crippen molar-refractivity contribution in [1.29, 1.82) is 0 Å². The standard InChI is InChI=1S/C38H43N13O5/c1-2-31-46-48-51(47-31)30-16-29(33(54)34(30)55)50-21-42-32-35(40-19-28(23-5-9-26(52)10-6-23)24-7-11-27(53)12-8-24)44-37(45-36(32)50)49-15-13-25(20-49)43-38(56)41-18-22-4-3-14-39-17-22/h3-12,14,17,21,25,28-30,33-34,52-55H,2,13,15-16,18-20H2,1H3,(H,40,44,45)(H2,41,43,56)/t25?,29-,30+,33+,34-/m1/s1. The highest BCUT2D eigenvalue weighted by Gasteiger charge is 2.45. The minimum absolute atomic E-state index is 0.148. The van der Waals surface area contributed by atoms with Crippen molar-refractivity contribution in [3.8, 4) is 11.5 Å². The van der Waals surface area contributed by atoms with E-state index >= 15 is 0 Å². The van der Waals surface area contributed by atoms with Crippen molar-refractivity contribution in [2.45, 2.75) is 69.0 Å². The molecule has 5 atom stereocenters. The van der Waals surface area contributed by atoms with Crippen LogP contribution in [0.5, 0.6) is 11.5 Å². The fourth-order valence-corrected chi connectivity index (χ4v) is 7.46. The number of rotatable bonds is 12. The van der Waals surface area contributed by atoms with Crippen molar-refractivity contribution in [2.75, 3.05) is 29.9 Å². The Morgan fingerprint density at radius 3 is 2.38 bits per heavy atom. The Kier molecular flexibility index (Phi) is 10.3. The third kappa shape index (κ3) is 7.60. The molecule has 2 aliphatic rings. The molecule has 1 aliphatic heterocycles. The normalized spacial score (nSPS) is 20.9. The van der Waals surface area contributed by atoms with Crippen LogP contribution in [0.2, 0.25) is 0 Å². The van der Waals surface area contributed by atoms with E-state index in [-0.39, 0.29) is 29.5 Å². The summed E-state index contributed by atoms with van der Waals surface area (Å²) in [4.78, 5) is 35.0. The van der Waals surface area contributed by atoms with E-state index in [0.29, 0.717) is 74.2 Å². The smallest absolute Gasteiger partial charge is 0.315 e. The lowest BCUT2D eigenvalue weighted by Gasteiger charge is -2.22. The van der Waals surface area contributed by atoms with Gasteiger partial charge in [-0.25, -0.2) is 9.78 Å². The number of imidazole rings is 1. The zero-order valence-corrected chi connectivity index (χ0v) is 30.6. The number of urea groups is 1. The van der Waals surface area contributed by atoms with Gasteiger partial charge in [0.2, 0.25) is 5.95 Å². The molecule has 1 saturated carbocycles. The van der Waals surface area contributed by atoms with Gasteiger partial charge in [0.15, 0.2) is 22.8 Å². The molecule has 6 aromatic rings. The van der Waals surface area contributed by atoms with E-state index in [0.717, 1.165) is 16.7 Å². The molecule has 2 fully saturated rings. The Labute approximate surface area is 321 Å². The van der Waals surface area contributed by atoms with Gasteiger partial charge in [-0.15, -0.1) is 10.2 Å². The van der Waals surface area contributed by atoms with Gasteiger partial charge in [-0.3, -0.25) is 4.98 Å². The summed E-state index contributed by atoms with van der Waals surface area (Å²) in [6.45, 7) is 3.65. The van der Waals surface area contributed by atoms with Crippen LogP contribution in [0.3, 0.4) is 0 Å². The quantitative estimate of drug-likeness (QED) is 0.0949. The van der Waals surface area contributed by atoms with Gasteiger partial charge < -0.3 is 45.8 Å². The number of hydrogen-bond donors (Lipinski definition) is 7. The lowest BCUT2D eigenvalue weighted by molar-refractivity contribution is 0.00473. The van der Waals surface area contributed by atoms with Crippen LogP contribution in [0.25, 0.3) is 11.2 Å². The number of anilines is 2. The van der Waals surface area contributed by atoms with Crippen LogP contribution in [0.1, 0.15) is 60.3 Å². The summed E-state index contributed by atoms with van der Waals surface area (Å²) >= 11 is 0. The lowest BCUT2D eigenvalue weighted by atomic mass is 9.91. The third-order valence-electron chi connectivity index (χ3n) is 10.5. The molecular formula is C38H43N13O5. The first-order chi connectivity index (χ1) is 27.2. The minimum Gasteiger partial charge on any atom is -0.508 e. The van der Waals surface area contributed by atoms with Gasteiger partial charge in [0.25, 0.3) is 0 Å². The number of fused-ring (bicyclic) bond motifs is 1. The van der Waals surface area contributed by atoms with Crippen molar-refractivity contribution in [3.05, 3.63) is 102 Å². The number of carbonyl (C=O) groups is 1. The van der Waals surface area contributed by atoms with Crippen LogP contribution in [-0.2, 0) is 13.0 Å². The number of aliphatic hydroxyl groups is 2. The highest BCUT2D eigenvalue weighted by molar-refractivity contribution is 5.84. The number of aromatic hydroxyl groups is 2. The minimum atomic E-state index is -1.18. The number of carbonyl (C=O) groups excluding carboxylic acids is 1. The Bertz CT molecular complexity index is 2220. The molecule has 5 heterocycles. The van der Waals surface area contributed by atoms with E-state index in [1.807, 2.05) is 48.2 Å². The molecule has 4 aromatic heterocycles. The van der Waals surface area contributed by atoms with Crippen LogP contribution < -0.4 is 20.9 Å². The number of nitrogens with zero attached hydrogens (tertiary/aromatic N) is 10. The van der Waals surface area contributed by atoms with Gasteiger partial charge >= 0.3 is 6.03 Å². The summed E-state index contributed by atoms with van der Waals surface area (Å²) in [5.41, 5.74) is 3.65. The number of pyridine rings is 1. The molecule has 1 saturated heterocycles. The predicted octanol–water partition coefficient (Wildman–Crippen LogP) is 2.41. The lowest BCUT2D eigenvalue weighted by Crippen LogP contribution is -2.43. The Morgan fingerprint density at radius 2 is 1.70 bits per heavy atom. The average molecular weight is 762 g/mol. The first-order valence-electron chi connectivity index (χ1n) is 18.6. The monoisotopic (exact) mass is 761 g/mol. The van der Waals surface area contributed by atoms with Crippen molar-refractivity contribution < 1.29 is 25.2 Å². The molecule has 2 aromatic carbocycles. The van der Waals surface area contributed by atoms with E-state index in [2.05, 4.69) is 36.3 Å². The van der Waals surface area contributed by atoms with Crippen LogP contribution >= 0.6 is 0 Å². The van der Waals surface area contributed by atoms with Crippen LogP contribution in [-0.4, -0.2) is 109 Å². The number of amides is 2. The van der Waals surface area contributed by atoms with E-state index in [1.54, 1.807) is 47.6 Å². The van der Waals surface area contributed by atoms with Crippen LogP contribution in [0.15, 0.2) is 79.4 Å². The number of aromatic nitrogens is 9. The second-order valence-corrected chi connectivity index (χ2v) is 14.2. The Hall–Kier alpha value is -6.40. The maximum Gasteiger partial charge on any atom is 0.315 e. The fraction of sp³-hybridized carbons (Fsp3) is 0.368. The summed E-state index contributed by atoms with van der Waals surface area (Å²) in [6, 6.07) is 16.0. The number of nitrogens with one attached hydrogen (secondary N) is 3. The van der Waals surface area contributed by atoms with Gasteiger partial charge in [0.05, 0.1) is 12.4 Å². The van der Waals surface area contributed by atoms with Gasteiger partial charge in [-0.05, 0) is 65.1 Å². The van der Waals surface area contributed by atoms with Crippen LogP contribution in [0, 0.1) is 0 Å². The number of aryl methyl sites for hydroxylation is 1. The van der Waals surface area contributed by atoms with Crippen molar-refractivity contribution in [3.63, 3.8) is 0 Å². The zero-order chi connectivity index (χ0) is 38.8. The molecule has 0 spiro atoms. The first kappa shape index (κ1) is 36.6. The second kappa shape index (κ2) is 15.8. The van der Waals surface area contributed by atoms with Gasteiger partial charge in [0, 0.05) is 57.0 Å². The molecule has 7 N–H and O–H groups in total. The largest absolute Gasteiger partial charge is 0.508 e. The average Bonchev–Trinajstić information content (AvgIpc) is 4.03. The molecule has 1 unspecified atom stereocenters. The molecule has 0 bridgehead atoms. The Balaban J connectivity index is 1.09. The maximum absolute atomic E-state index is 12.8. The van der Waals surface area contributed by atoms with Crippen molar-refractivity contribution in [2.24, 2.45) is 0 Å². The van der Waals surface area contributed by atoms with Gasteiger partial charge in [-0.2, -0.15) is 14.8 Å². The second-order valence-electron chi connectivity index (χ2n) is 14.2. The number of hydrogen-bond acceptors (Lipinski definition) is 14. The summed E-state index contributed by atoms with van der Waals surface area (Å²) in [7, 11) is 0. The van der Waals surface area contributed by atoms with E-state index in [1.165, 1.54) is 4.80 Å². The molecule has 0 radical (unpaired) electrons. The maximum atomic E-state index is 12.8. The number of aliphatic hydroxyl groups excluding tert-OH is 2. The predicted molar refractivity (Wildman–Crippen MR) is 204 cm³/mol. The summed E-state index contributed by atoms with van der Waals surface area (Å²) in [6.07, 6.45) is 4.18. The Morgan fingerprint density at radius 1 is 0.964 bits per heavy atom. The fourth-order valence-electron chi connectivity index (χ4n) is 7.46. The molecule has 56 heavy (non-hydrogen) atoms. The number of tetrazole rings is 1. The van der Waals surface area contributed by atoms with E-state index < -0.39 is 24.3 Å². The zero-order valence-electron chi connectivity index (χ0n) is 30.6. The topological polar surface area (TPSA) is 237 Å². The first-order valence-corrected chi connectivity index (χ1v) is 18.6. The van der Waals surface area contributed by atoms with Crippen molar-refractivity contribution in [1.82, 2.24) is 55.3 Å². The van der Waals surface area contributed by atoms with E-state index in [9.17, 15) is 25.2 Å². The van der Waals surface area contributed by atoms with Gasteiger partial charge in [0.1, 0.15) is 29.7 Å². The number of benzene rings is 2. The third-order valence-corrected chi connectivity index (χ3v) is 10.5. The molecular weight excluding hydrogens is 719 g/mol. The van der Waals surface area contributed by atoms with E-state index in [4.69, 9.17) is 15.0 Å². The molecule has 8 rings (SSSR count). The summed E-state index contributed by atoms with van der Waals surface area (Å²) in [5.74, 6) is 1.48. The van der Waals surface area contributed by atoms with Crippen molar-refractivity contribution >= 4 is 29.0 Å². The summed E-state index contributed by atoms with van der Waals surface area (Å²) < 4.78 is 1.77. The molecule has 1 aliphatic carbocycles. The van der Waals surface area contributed by atoms with Crippen LogP contribution in [0.4, 0.5) is 16.6 Å². The summed E-state index contributed by atoms with van der Waals surface area (Å²) in [5, 5.41) is 64.7. The molecule has 2 amide bonds. The number of phenols is 2. The SMILES string of the molecule is CCc1nnn([C@H]2C[C@@H](n3cnc4c(NCC(c5ccc(O)cc5)c5ccc(O)cc5)nc(N5CCC(NC(=O)NCc6cccnc6)C5)nc43)[C@H](O)[C@@H]2O)n1. The molecule has 18 heteroatoms. The molecule has 18 nitrogen and oxygen atoms in total. The van der Waals surface area contributed by atoms with Gasteiger partial charge in [-0.1, -0.05) is 37.3 Å². The highest BCUT2D eigenvalue weighted by atomic mass is 16.3.